The lowest BCUT2D eigenvalue weighted by Gasteiger charge is -2.07. The lowest BCUT2D eigenvalue weighted by molar-refractivity contribution is 0.0791. The van der Waals surface area contributed by atoms with Gasteiger partial charge in [-0.15, -0.1) is 0 Å². The quantitative estimate of drug-likeness (QED) is 0.201. The summed E-state index contributed by atoms with van der Waals surface area (Å²) in [5.41, 5.74) is 1.58. The predicted octanol–water partition coefficient (Wildman–Crippen LogP) is 9.39. The number of halogens is 2. The molecule has 0 aliphatic heterocycles. The van der Waals surface area contributed by atoms with Gasteiger partial charge in [0, 0.05) is 10.8 Å². The lowest BCUT2D eigenvalue weighted by Crippen LogP contribution is -2.05. The molecule has 0 aliphatic carbocycles. The smallest absolute Gasteiger partial charge is 0.389 e. The first-order chi connectivity index (χ1) is 16.6. The van der Waals surface area contributed by atoms with Crippen molar-refractivity contribution in [2.45, 2.75) is 0 Å². The first kappa shape index (κ1) is 21.5. The Hall–Kier alpha value is -3.05. The molecule has 0 aliphatic rings. The summed E-state index contributed by atoms with van der Waals surface area (Å²) < 4.78 is 19.9. The third kappa shape index (κ3) is 3.63. The highest BCUT2D eigenvalue weighted by molar-refractivity contribution is 9.11. The highest BCUT2D eigenvalue weighted by Crippen LogP contribution is 2.45. The lowest BCUT2D eigenvalue weighted by atomic mass is 9.99. The van der Waals surface area contributed by atoms with E-state index < -0.39 is 14.2 Å². The Morgan fingerprint density at radius 2 is 1.15 bits per heavy atom. The van der Waals surface area contributed by atoms with Crippen LogP contribution in [0.15, 0.2) is 108 Å². The van der Waals surface area contributed by atoms with Crippen LogP contribution >= 0.6 is 40.1 Å². The molecule has 4 nitrogen and oxygen atoms in total. The van der Waals surface area contributed by atoms with Crippen molar-refractivity contribution in [1.82, 2.24) is 0 Å². The van der Waals surface area contributed by atoms with Crippen molar-refractivity contribution in [3.8, 4) is 0 Å². The van der Waals surface area contributed by atoms with E-state index in [1.54, 1.807) is 24.3 Å². The molecular weight excluding hydrogens is 579 g/mol. The molecule has 0 fully saturated rings. The topological polar surface area (TPSA) is 52.6 Å². The number of benzene rings is 5. The number of fused-ring (bicyclic) bond motifs is 7. The van der Waals surface area contributed by atoms with Gasteiger partial charge in [-0.25, -0.2) is 4.79 Å². The van der Waals surface area contributed by atoms with Crippen molar-refractivity contribution in [2.75, 3.05) is 0 Å². The summed E-state index contributed by atoms with van der Waals surface area (Å²) in [4.78, 5) is 12.9. The summed E-state index contributed by atoms with van der Waals surface area (Å²) in [6.45, 7) is 0. The molecule has 1 heterocycles. The summed E-state index contributed by atoms with van der Waals surface area (Å²) >= 11 is 7.38. The van der Waals surface area contributed by atoms with Gasteiger partial charge in [0.1, 0.15) is 0 Å². The van der Waals surface area contributed by atoms with Gasteiger partial charge in [0.05, 0.1) is 14.5 Å². The molecule has 0 atom stereocenters. The van der Waals surface area contributed by atoms with E-state index >= 15 is 0 Å². The van der Waals surface area contributed by atoms with Crippen LogP contribution in [0.1, 0.15) is 10.4 Å². The van der Waals surface area contributed by atoms with Crippen molar-refractivity contribution in [1.29, 1.82) is 0 Å². The third-order valence-corrected chi connectivity index (χ3v) is 7.82. The molecule has 0 N–H and O–H groups in total. The fourth-order valence-electron chi connectivity index (χ4n) is 4.16. The van der Waals surface area contributed by atoms with E-state index in [1.165, 1.54) is 0 Å². The zero-order valence-corrected chi connectivity index (χ0v) is 21.6. The van der Waals surface area contributed by atoms with E-state index in [0.29, 0.717) is 16.7 Å². The first-order valence-electron chi connectivity index (χ1n) is 10.5. The van der Waals surface area contributed by atoms with E-state index in [-0.39, 0.29) is 0 Å². The standard InChI is InChI=1S/C27H15Br2O4P/c28-21-14-17-10-4-6-12-19(17)23-24-20-13-7-5-11-18(20)15-22(29)26(24)32-34(31-25(21)23)33-27(30)16-8-2-1-3-9-16/h1-15H. The molecule has 6 aromatic rings. The minimum absolute atomic E-state index is 0.428. The second-order valence-electron chi connectivity index (χ2n) is 7.72. The van der Waals surface area contributed by atoms with E-state index in [1.807, 2.05) is 42.5 Å². The largest absolute Gasteiger partial charge is 0.456 e. The zero-order valence-electron chi connectivity index (χ0n) is 17.5. The minimum Gasteiger partial charge on any atom is -0.389 e. The molecular formula is C27H15Br2O4P. The Bertz CT molecular complexity index is 1670. The van der Waals surface area contributed by atoms with E-state index in [2.05, 4.69) is 56.1 Å². The Labute approximate surface area is 212 Å². The second-order valence-corrected chi connectivity index (χ2v) is 10.4. The van der Waals surface area contributed by atoms with Crippen molar-refractivity contribution in [3.05, 3.63) is 106 Å². The van der Waals surface area contributed by atoms with Gasteiger partial charge in [-0.05, 0) is 77.7 Å². The maximum atomic E-state index is 12.9. The summed E-state index contributed by atoms with van der Waals surface area (Å²) in [6.07, 6.45) is 0. The second kappa shape index (κ2) is 8.62. The molecule has 0 amide bonds. The third-order valence-electron chi connectivity index (χ3n) is 5.66. The SMILES string of the molecule is O=C(Op1oc2c(Br)cc3ccccc3c2c2c(o1)c(Br)cc1ccccc12)c1ccccc1. The molecule has 0 unspecified atom stereocenters. The molecule has 0 saturated carbocycles. The number of rotatable bonds is 2. The molecule has 1 aromatic heterocycles. The summed E-state index contributed by atoms with van der Waals surface area (Å²) in [5, 5.41) is 5.91. The van der Waals surface area contributed by atoms with Crippen LogP contribution in [0.4, 0.5) is 0 Å². The molecule has 5 aromatic carbocycles. The van der Waals surface area contributed by atoms with Gasteiger partial charge in [0.15, 0.2) is 11.2 Å². The fourth-order valence-corrected chi connectivity index (χ4v) is 6.50. The maximum absolute atomic E-state index is 12.9. The molecule has 0 spiro atoms. The number of carbonyl (C=O) groups excluding carboxylic acids is 1. The van der Waals surface area contributed by atoms with Crippen LogP contribution in [-0.2, 0) is 0 Å². The molecule has 0 saturated heterocycles. The molecule has 6 rings (SSSR count). The zero-order chi connectivity index (χ0) is 23.2. The minimum atomic E-state index is -2.09. The van der Waals surface area contributed by atoms with Gasteiger partial charge in [-0.1, -0.05) is 66.7 Å². The van der Waals surface area contributed by atoms with Crippen LogP contribution in [0.5, 0.6) is 0 Å². The maximum Gasteiger partial charge on any atom is 0.456 e. The average molecular weight is 594 g/mol. The van der Waals surface area contributed by atoms with Gasteiger partial charge in [0.25, 0.3) is 0 Å². The Balaban J connectivity index is 1.78. The molecule has 34 heavy (non-hydrogen) atoms. The summed E-state index contributed by atoms with van der Waals surface area (Å²) in [6, 6.07) is 29.1. The van der Waals surface area contributed by atoms with Crippen molar-refractivity contribution >= 4 is 89.6 Å². The molecule has 7 heteroatoms. The van der Waals surface area contributed by atoms with Gasteiger partial charge < -0.3 is 12.9 Å². The van der Waals surface area contributed by atoms with E-state index in [0.717, 1.165) is 41.3 Å². The van der Waals surface area contributed by atoms with Gasteiger partial charge in [-0.2, -0.15) is 0 Å². The van der Waals surface area contributed by atoms with Crippen LogP contribution in [0, 0.1) is 0 Å². The highest BCUT2D eigenvalue weighted by atomic mass is 79.9. The van der Waals surface area contributed by atoms with Gasteiger partial charge in [0.2, 0.25) is 0 Å². The van der Waals surface area contributed by atoms with Crippen LogP contribution in [0.2, 0.25) is 0 Å². The molecule has 0 radical (unpaired) electrons. The number of carbonyl (C=O) groups is 1. The Morgan fingerprint density at radius 3 is 1.68 bits per heavy atom. The summed E-state index contributed by atoms with van der Waals surface area (Å²) in [7, 11) is -2.09. The van der Waals surface area contributed by atoms with Gasteiger partial charge >= 0.3 is 14.2 Å². The fraction of sp³-hybridized carbons (Fsp3) is 0. The van der Waals surface area contributed by atoms with Crippen LogP contribution in [0.3, 0.4) is 0 Å². The van der Waals surface area contributed by atoms with E-state index in [4.69, 9.17) is 12.9 Å². The summed E-state index contributed by atoms with van der Waals surface area (Å²) in [5.74, 6) is -0.509. The van der Waals surface area contributed by atoms with Crippen molar-refractivity contribution in [2.24, 2.45) is 0 Å². The van der Waals surface area contributed by atoms with Crippen molar-refractivity contribution < 1.29 is 17.7 Å². The van der Waals surface area contributed by atoms with Crippen LogP contribution < -0.4 is 4.52 Å². The molecule has 166 valence electrons. The average Bonchev–Trinajstić information content (AvgIpc) is 3.03. The Kier molecular flexibility index (Phi) is 5.45. The van der Waals surface area contributed by atoms with E-state index in [9.17, 15) is 4.79 Å². The van der Waals surface area contributed by atoms with Crippen LogP contribution in [0.25, 0.3) is 43.5 Å². The first-order valence-corrected chi connectivity index (χ1v) is 13.1. The van der Waals surface area contributed by atoms with Crippen LogP contribution in [-0.4, -0.2) is 5.97 Å². The number of hydrogen-bond acceptors (Lipinski definition) is 4. The van der Waals surface area contributed by atoms with Gasteiger partial charge in [-0.3, -0.25) is 0 Å². The van der Waals surface area contributed by atoms with Crippen molar-refractivity contribution in [3.63, 3.8) is 0 Å². The molecule has 0 bridgehead atoms. The highest BCUT2D eigenvalue weighted by Gasteiger charge is 2.19. The monoisotopic (exact) mass is 592 g/mol. The normalized spacial score (nSPS) is 11.4. The predicted molar refractivity (Wildman–Crippen MR) is 144 cm³/mol. The number of hydrogen-bond donors (Lipinski definition) is 0. The Morgan fingerprint density at radius 1 is 0.676 bits per heavy atom.